The van der Waals surface area contributed by atoms with Crippen molar-refractivity contribution >= 4 is 0 Å². The second-order valence-corrected chi connectivity index (χ2v) is 4.81. The molecular formula is C15H24FNO. The number of methoxy groups -OCH3 is 1. The molecule has 0 aromatic heterocycles. The fraction of sp³-hybridized carbons (Fsp3) is 0.600. The Morgan fingerprint density at radius 2 is 1.89 bits per heavy atom. The van der Waals surface area contributed by atoms with Crippen LogP contribution in [0.3, 0.4) is 0 Å². The Balaban J connectivity index is 2.82. The van der Waals surface area contributed by atoms with Crippen LogP contribution in [0.5, 0.6) is 0 Å². The summed E-state index contributed by atoms with van der Waals surface area (Å²) < 4.78 is 18.6. The van der Waals surface area contributed by atoms with Gasteiger partial charge in [0.1, 0.15) is 5.82 Å². The molecule has 0 radical (unpaired) electrons. The van der Waals surface area contributed by atoms with Gasteiger partial charge >= 0.3 is 0 Å². The molecule has 0 saturated carbocycles. The quantitative estimate of drug-likeness (QED) is 0.806. The Kier molecular flexibility index (Phi) is 5.76. The summed E-state index contributed by atoms with van der Waals surface area (Å²) in [4.78, 5) is 0. The lowest BCUT2D eigenvalue weighted by Crippen LogP contribution is -2.51. The van der Waals surface area contributed by atoms with Gasteiger partial charge in [-0.2, -0.15) is 0 Å². The third kappa shape index (κ3) is 3.79. The number of rotatable bonds is 7. The summed E-state index contributed by atoms with van der Waals surface area (Å²) in [5, 5.41) is 3.47. The van der Waals surface area contributed by atoms with Crippen molar-refractivity contribution < 1.29 is 9.13 Å². The van der Waals surface area contributed by atoms with Gasteiger partial charge in [0, 0.05) is 13.2 Å². The minimum absolute atomic E-state index is 0.191. The minimum atomic E-state index is -0.204. The first-order valence-corrected chi connectivity index (χ1v) is 6.58. The molecular weight excluding hydrogens is 229 g/mol. The zero-order valence-corrected chi connectivity index (χ0v) is 11.8. The maximum Gasteiger partial charge on any atom is 0.123 e. The smallest absolute Gasteiger partial charge is 0.123 e. The number of nitrogens with one attached hydrogen (secondary N) is 1. The second kappa shape index (κ2) is 6.86. The number of likely N-dealkylation sites (N-methyl/N-ethyl adjacent to an activating group) is 1. The van der Waals surface area contributed by atoms with E-state index < -0.39 is 0 Å². The highest BCUT2D eigenvalue weighted by Crippen LogP contribution is 2.22. The van der Waals surface area contributed by atoms with Gasteiger partial charge < -0.3 is 10.1 Å². The molecule has 1 rings (SSSR count). The van der Waals surface area contributed by atoms with Gasteiger partial charge in [-0.05, 0) is 44.0 Å². The number of benzene rings is 1. The molecule has 1 aromatic rings. The minimum Gasteiger partial charge on any atom is -0.377 e. The molecule has 0 fully saturated rings. The summed E-state index contributed by atoms with van der Waals surface area (Å²) in [7, 11) is 1.75. The van der Waals surface area contributed by atoms with Gasteiger partial charge in [0.15, 0.2) is 0 Å². The first-order valence-electron chi connectivity index (χ1n) is 6.58. The van der Waals surface area contributed by atoms with Crippen molar-refractivity contribution in [1.82, 2.24) is 5.32 Å². The van der Waals surface area contributed by atoms with Gasteiger partial charge in [-0.15, -0.1) is 0 Å². The van der Waals surface area contributed by atoms with E-state index in [-0.39, 0.29) is 17.5 Å². The molecule has 2 nitrogen and oxygen atoms in total. The zero-order valence-electron chi connectivity index (χ0n) is 11.8. The average molecular weight is 253 g/mol. The van der Waals surface area contributed by atoms with Crippen LogP contribution in [0.4, 0.5) is 4.39 Å². The van der Waals surface area contributed by atoms with E-state index in [0.29, 0.717) is 0 Å². The van der Waals surface area contributed by atoms with E-state index in [4.69, 9.17) is 4.74 Å². The monoisotopic (exact) mass is 253 g/mol. The molecule has 0 aliphatic heterocycles. The van der Waals surface area contributed by atoms with Crippen LogP contribution in [0.2, 0.25) is 0 Å². The van der Waals surface area contributed by atoms with Crippen LogP contribution in [0.25, 0.3) is 0 Å². The molecule has 2 atom stereocenters. The molecule has 18 heavy (non-hydrogen) atoms. The highest BCUT2D eigenvalue weighted by atomic mass is 19.1. The molecule has 0 saturated heterocycles. The van der Waals surface area contributed by atoms with E-state index in [1.54, 1.807) is 7.11 Å². The molecule has 0 heterocycles. The summed E-state index contributed by atoms with van der Waals surface area (Å²) in [6.07, 6.45) is 1.77. The van der Waals surface area contributed by atoms with Crippen molar-refractivity contribution in [3.8, 4) is 0 Å². The van der Waals surface area contributed by atoms with E-state index >= 15 is 0 Å². The maximum atomic E-state index is 12.9. The van der Waals surface area contributed by atoms with Crippen molar-refractivity contribution in [3.05, 3.63) is 35.6 Å². The summed E-state index contributed by atoms with van der Waals surface area (Å²) in [5.41, 5.74) is 0.920. The molecule has 1 aromatic carbocycles. The van der Waals surface area contributed by atoms with Crippen LogP contribution in [0.15, 0.2) is 24.3 Å². The van der Waals surface area contributed by atoms with E-state index in [0.717, 1.165) is 24.9 Å². The third-order valence-corrected chi connectivity index (χ3v) is 3.71. The van der Waals surface area contributed by atoms with E-state index in [1.165, 1.54) is 12.1 Å². The Hall–Kier alpha value is -0.930. The Bertz CT molecular complexity index is 346. The van der Waals surface area contributed by atoms with Gasteiger partial charge in [0.2, 0.25) is 0 Å². The molecule has 0 bridgehead atoms. The standard InChI is InChI=1S/C15H24FNO/c1-5-15(3,18-4)14(17-6-2)11-12-7-9-13(16)10-8-12/h7-10,14,17H,5-6,11H2,1-4H3. The van der Waals surface area contributed by atoms with E-state index in [1.807, 2.05) is 12.1 Å². The van der Waals surface area contributed by atoms with E-state index in [2.05, 4.69) is 26.1 Å². The first-order chi connectivity index (χ1) is 8.55. The molecule has 0 aliphatic rings. The summed E-state index contributed by atoms with van der Waals surface area (Å²) in [6, 6.07) is 6.92. The lowest BCUT2D eigenvalue weighted by molar-refractivity contribution is -0.0283. The normalized spacial score (nSPS) is 16.3. The van der Waals surface area contributed by atoms with Gasteiger partial charge in [0.05, 0.1) is 5.60 Å². The van der Waals surface area contributed by atoms with Crippen LogP contribution in [-0.2, 0) is 11.2 Å². The Labute approximate surface area is 110 Å². The van der Waals surface area contributed by atoms with Crippen molar-refractivity contribution in [2.75, 3.05) is 13.7 Å². The summed E-state index contributed by atoms with van der Waals surface area (Å²) in [5.74, 6) is -0.191. The topological polar surface area (TPSA) is 21.3 Å². The Morgan fingerprint density at radius 3 is 2.33 bits per heavy atom. The van der Waals surface area contributed by atoms with Crippen molar-refractivity contribution in [3.63, 3.8) is 0 Å². The maximum absolute atomic E-state index is 12.9. The van der Waals surface area contributed by atoms with Gasteiger partial charge in [-0.1, -0.05) is 26.0 Å². The third-order valence-electron chi connectivity index (χ3n) is 3.71. The Morgan fingerprint density at radius 1 is 1.28 bits per heavy atom. The van der Waals surface area contributed by atoms with Crippen LogP contribution in [0, 0.1) is 5.82 Å². The molecule has 3 heteroatoms. The molecule has 0 amide bonds. The van der Waals surface area contributed by atoms with Crippen molar-refractivity contribution in [2.45, 2.75) is 45.3 Å². The SMILES string of the molecule is CCNC(Cc1ccc(F)cc1)C(C)(CC)OC. The highest BCUT2D eigenvalue weighted by molar-refractivity contribution is 5.18. The fourth-order valence-electron chi connectivity index (χ4n) is 2.14. The predicted molar refractivity (Wildman–Crippen MR) is 73.3 cm³/mol. The molecule has 2 unspecified atom stereocenters. The zero-order chi connectivity index (χ0) is 13.6. The van der Waals surface area contributed by atoms with E-state index in [9.17, 15) is 4.39 Å². The summed E-state index contributed by atoms with van der Waals surface area (Å²) >= 11 is 0. The highest BCUT2D eigenvalue weighted by Gasteiger charge is 2.31. The van der Waals surface area contributed by atoms with Crippen molar-refractivity contribution in [1.29, 1.82) is 0 Å². The summed E-state index contributed by atoms with van der Waals surface area (Å²) in [6.45, 7) is 7.22. The van der Waals surface area contributed by atoms with Gasteiger partial charge in [-0.25, -0.2) is 4.39 Å². The number of ether oxygens (including phenoxy) is 1. The van der Waals surface area contributed by atoms with Crippen LogP contribution in [-0.4, -0.2) is 25.3 Å². The number of hydrogen-bond acceptors (Lipinski definition) is 2. The predicted octanol–water partition coefficient (Wildman–Crippen LogP) is 3.16. The van der Waals surface area contributed by atoms with Crippen LogP contribution in [0.1, 0.15) is 32.8 Å². The number of halogens is 1. The van der Waals surface area contributed by atoms with Gasteiger partial charge in [-0.3, -0.25) is 0 Å². The first kappa shape index (κ1) is 15.1. The average Bonchev–Trinajstić information content (AvgIpc) is 2.40. The molecule has 1 N–H and O–H groups in total. The molecule has 0 aliphatic carbocycles. The van der Waals surface area contributed by atoms with Gasteiger partial charge in [0.25, 0.3) is 0 Å². The number of hydrogen-bond donors (Lipinski definition) is 1. The lowest BCUT2D eigenvalue weighted by atomic mass is 9.88. The van der Waals surface area contributed by atoms with Crippen molar-refractivity contribution in [2.24, 2.45) is 0 Å². The molecule has 102 valence electrons. The largest absolute Gasteiger partial charge is 0.377 e. The second-order valence-electron chi connectivity index (χ2n) is 4.81. The molecule has 0 spiro atoms. The lowest BCUT2D eigenvalue weighted by Gasteiger charge is -2.36. The van der Waals surface area contributed by atoms with Crippen LogP contribution < -0.4 is 5.32 Å². The fourth-order valence-corrected chi connectivity index (χ4v) is 2.14. The van der Waals surface area contributed by atoms with Crippen LogP contribution >= 0.6 is 0 Å².